The summed E-state index contributed by atoms with van der Waals surface area (Å²) in [5.74, 6) is -0.00917. The fraction of sp³-hybridized carbons (Fsp3) is 0.414. The van der Waals surface area contributed by atoms with Gasteiger partial charge in [-0.25, -0.2) is 4.98 Å². The number of nitrogens with one attached hydrogen (secondary N) is 1. The van der Waals surface area contributed by atoms with Crippen LogP contribution >= 0.6 is 0 Å². The van der Waals surface area contributed by atoms with Crippen LogP contribution in [0.4, 0.5) is 5.69 Å². The van der Waals surface area contributed by atoms with Crippen molar-refractivity contribution in [1.82, 2.24) is 14.8 Å². The van der Waals surface area contributed by atoms with Crippen molar-refractivity contribution in [3.63, 3.8) is 0 Å². The lowest BCUT2D eigenvalue weighted by Crippen LogP contribution is -2.48. The first-order valence-corrected chi connectivity index (χ1v) is 12.8. The van der Waals surface area contributed by atoms with E-state index in [1.54, 1.807) is 0 Å². The Labute approximate surface area is 207 Å². The van der Waals surface area contributed by atoms with Crippen molar-refractivity contribution in [3.05, 3.63) is 59.7 Å². The van der Waals surface area contributed by atoms with E-state index in [-0.39, 0.29) is 11.8 Å². The van der Waals surface area contributed by atoms with Crippen LogP contribution in [-0.4, -0.2) is 58.8 Å². The molecule has 0 saturated carbocycles. The van der Waals surface area contributed by atoms with Gasteiger partial charge in [0, 0.05) is 42.7 Å². The molecular formula is C29H34N4O2. The molecule has 1 N–H and O–H groups in total. The predicted octanol–water partition coefficient (Wildman–Crippen LogP) is 5.26. The second kappa shape index (κ2) is 10.2. The lowest BCUT2D eigenvalue weighted by Gasteiger charge is -2.40. The van der Waals surface area contributed by atoms with Crippen LogP contribution < -0.4 is 5.32 Å². The fourth-order valence-corrected chi connectivity index (χ4v) is 5.48. The van der Waals surface area contributed by atoms with Crippen LogP contribution in [0.15, 0.2) is 48.5 Å². The van der Waals surface area contributed by atoms with Gasteiger partial charge >= 0.3 is 0 Å². The van der Waals surface area contributed by atoms with Crippen LogP contribution in [-0.2, 0) is 4.79 Å². The molecule has 1 aromatic heterocycles. The number of carbonyl (C=O) groups excluding carboxylic acids is 2. The van der Waals surface area contributed by atoms with E-state index in [2.05, 4.69) is 16.3 Å². The highest BCUT2D eigenvalue weighted by Crippen LogP contribution is 2.29. The Morgan fingerprint density at radius 2 is 1.63 bits per heavy atom. The average Bonchev–Trinajstić information content (AvgIpc) is 2.88. The number of aromatic nitrogens is 1. The number of benzene rings is 2. The zero-order valence-corrected chi connectivity index (χ0v) is 20.7. The van der Waals surface area contributed by atoms with Crippen LogP contribution in [0, 0.1) is 6.92 Å². The van der Waals surface area contributed by atoms with Crippen molar-refractivity contribution < 1.29 is 9.59 Å². The zero-order chi connectivity index (χ0) is 24.4. The molecule has 6 heteroatoms. The number of pyridine rings is 1. The third-order valence-electron chi connectivity index (χ3n) is 7.35. The summed E-state index contributed by atoms with van der Waals surface area (Å²) in [5.41, 5.74) is 5.08. The first-order valence-electron chi connectivity index (χ1n) is 12.8. The molecule has 2 aliphatic rings. The molecule has 0 spiro atoms. The second-order valence-electron chi connectivity index (χ2n) is 9.95. The minimum Gasteiger partial charge on any atom is -0.339 e. The van der Waals surface area contributed by atoms with E-state index in [0.717, 1.165) is 64.9 Å². The van der Waals surface area contributed by atoms with E-state index >= 15 is 0 Å². The van der Waals surface area contributed by atoms with Gasteiger partial charge in [-0.15, -0.1) is 0 Å². The average molecular weight is 471 g/mol. The van der Waals surface area contributed by atoms with Crippen molar-refractivity contribution in [2.24, 2.45) is 0 Å². The van der Waals surface area contributed by atoms with Crippen molar-refractivity contribution in [2.75, 3.05) is 31.5 Å². The number of hydrogen-bond acceptors (Lipinski definition) is 4. The van der Waals surface area contributed by atoms with E-state index in [0.29, 0.717) is 6.04 Å². The van der Waals surface area contributed by atoms with E-state index in [9.17, 15) is 9.59 Å². The summed E-state index contributed by atoms with van der Waals surface area (Å²) in [7, 11) is 0. The first kappa shape index (κ1) is 23.5. The normalized spacial score (nSPS) is 17.5. The minimum atomic E-state index is -0.103. The van der Waals surface area contributed by atoms with E-state index in [4.69, 9.17) is 4.98 Å². The number of likely N-dealkylation sites (tertiary alicyclic amines) is 2. The summed E-state index contributed by atoms with van der Waals surface area (Å²) in [6, 6.07) is 16.3. The molecule has 2 aliphatic heterocycles. The van der Waals surface area contributed by atoms with Crippen molar-refractivity contribution in [2.45, 2.75) is 52.0 Å². The summed E-state index contributed by atoms with van der Waals surface area (Å²) in [6.45, 7) is 7.56. The van der Waals surface area contributed by atoms with Gasteiger partial charge in [0.1, 0.15) is 0 Å². The van der Waals surface area contributed by atoms with Crippen LogP contribution in [0.1, 0.15) is 54.9 Å². The number of aryl methyl sites for hydroxylation is 1. The maximum atomic E-state index is 13.8. The Hall–Kier alpha value is -3.25. The third kappa shape index (κ3) is 5.22. The monoisotopic (exact) mass is 470 g/mol. The second-order valence-corrected chi connectivity index (χ2v) is 9.95. The van der Waals surface area contributed by atoms with Gasteiger partial charge in [-0.1, -0.05) is 30.2 Å². The van der Waals surface area contributed by atoms with Gasteiger partial charge in [-0.3, -0.25) is 9.59 Å². The molecule has 2 aromatic carbocycles. The summed E-state index contributed by atoms with van der Waals surface area (Å²) in [4.78, 5) is 34.7. The topological polar surface area (TPSA) is 65.5 Å². The van der Waals surface area contributed by atoms with Gasteiger partial charge in [0.05, 0.1) is 16.8 Å². The molecule has 182 valence electrons. The quantitative estimate of drug-likeness (QED) is 0.565. The molecular weight excluding hydrogens is 436 g/mol. The number of hydrogen-bond donors (Lipinski definition) is 1. The van der Waals surface area contributed by atoms with Crippen LogP contribution in [0.3, 0.4) is 0 Å². The van der Waals surface area contributed by atoms with E-state index in [1.165, 1.54) is 39.3 Å². The molecule has 0 atom stereocenters. The molecule has 3 heterocycles. The lowest BCUT2D eigenvalue weighted by molar-refractivity contribution is -0.114. The highest BCUT2D eigenvalue weighted by Gasteiger charge is 2.29. The number of fused-ring (bicyclic) bond motifs is 1. The predicted molar refractivity (Wildman–Crippen MR) is 141 cm³/mol. The smallest absolute Gasteiger partial charge is 0.254 e. The highest BCUT2D eigenvalue weighted by molar-refractivity contribution is 6.07. The Bertz CT molecular complexity index is 1220. The van der Waals surface area contributed by atoms with Gasteiger partial charge in [0.15, 0.2) is 0 Å². The molecule has 6 nitrogen and oxygen atoms in total. The van der Waals surface area contributed by atoms with E-state index < -0.39 is 0 Å². The summed E-state index contributed by atoms with van der Waals surface area (Å²) >= 11 is 0. The zero-order valence-electron chi connectivity index (χ0n) is 20.7. The number of piperidine rings is 2. The summed E-state index contributed by atoms with van der Waals surface area (Å²) < 4.78 is 0. The fourth-order valence-electron chi connectivity index (χ4n) is 5.48. The van der Waals surface area contributed by atoms with Crippen molar-refractivity contribution in [3.8, 4) is 11.3 Å². The van der Waals surface area contributed by atoms with Crippen LogP contribution in [0.25, 0.3) is 22.2 Å². The molecule has 35 heavy (non-hydrogen) atoms. The first-order chi connectivity index (χ1) is 17.0. The van der Waals surface area contributed by atoms with Gasteiger partial charge in [0.2, 0.25) is 5.91 Å². The number of nitrogens with zero attached hydrogens (tertiary/aromatic N) is 3. The maximum absolute atomic E-state index is 13.8. The van der Waals surface area contributed by atoms with E-state index in [1.807, 2.05) is 54.3 Å². The van der Waals surface area contributed by atoms with Gasteiger partial charge in [0.25, 0.3) is 5.91 Å². The number of rotatable bonds is 4. The number of anilines is 1. The number of amides is 2. The largest absolute Gasteiger partial charge is 0.339 e. The molecule has 2 saturated heterocycles. The summed E-state index contributed by atoms with van der Waals surface area (Å²) in [6.07, 6.45) is 6.04. The summed E-state index contributed by atoms with van der Waals surface area (Å²) in [5, 5.41) is 3.70. The van der Waals surface area contributed by atoms with Gasteiger partial charge in [-0.2, -0.15) is 0 Å². The van der Waals surface area contributed by atoms with Gasteiger partial charge < -0.3 is 15.1 Å². The molecule has 2 fully saturated rings. The Balaban J connectivity index is 1.42. The van der Waals surface area contributed by atoms with Gasteiger partial charge in [-0.05, 0) is 76.0 Å². The standard InChI is InChI=1S/C29H34N4O2/c1-20-6-11-27-25(18-20)26(19-28(31-27)22-7-9-23(10-8-22)30-21(2)34)29(35)33-16-12-24(13-17-33)32-14-4-3-5-15-32/h6-11,18-19,24H,3-5,12-17H2,1-2H3,(H,30,34). The maximum Gasteiger partial charge on any atom is 0.254 e. The molecule has 0 aliphatic carbocycles. The third-order valence-corrected chi connectivity index (χ3v) is 7.35. The van der Waals surface area contributed by atoms with Crippen molar-refractivity contribution >= 4 is 28.4 Å². The Morgan fingerprint density at radius 3 is 2.31 bits per heavy atom. The molecule has 0 unspecified atom stereocenters. The minimum absolute atomic E-state index is 0.0937. The van der Waals surface area contributed by atoms with Crippen molar-refractivity contribution in [1.29, 1.82) is 0 Å². The lowest BCUT2D eigenvalue weighted by atomic mass is 9.97. The molecule has 2 amide bonds. The molecule has 0 bridgehead atoms. The molecule has 5 rings (SSSR count). The van der Waals surface area contributed by atoms with Crippen LogP contribution in [0.2, 0.25) is 0 Å². The highest BCUT2D eigenvalue weighted by atomic mass is 16.2. The van der Waals surface area contributed by atoms with Crippen LogP contribution in [0.5, 0.6) is 0 Å². The Morgan fingerprint density at radius 1 is 0.914 bits per heavy atom. The Kier molecular flexibility index (Phi) is 6.82. The molecule has 0 radical (unpaired) electrons. The molecule has 3 aromatic rings. The number of carbonyl (C=O) groups is 2. The SMILES string of the molecule is CC(=O)Nc1ccc(-c2cc(C(=O)N3CCC(N4CCCCC4)CC3)c3cc(C)ccc3n2)cc1.